The maximum absolute atomic E-state index is 12.3. The summed E-state index contributed by atoms with van der Waals surface area (Å²) in [6.45, 7) is 6.37. The highest BCUT2D eigenvalue weighted by molar-refractivity contribution is 7.87. The second-order valence-electron chi connectivity index (χ2n) is 5.88. The lowest BCUT2D eigenvalue weighted by Crippen LogP contribution is -2.57. The van der Waals surface area contributed by atoms with Crippen LogP contribution in [0.1, 0.15) is 33.6 Å². The molecule has 0 saturated heterocycles. The Labute approximate surface area is 138 Å². The first-order valence-electron chi connectivity index (χ1n) is 7.86. The Bertz CT molecular complexity index is 539. The van der Waals surface area contributed by atoms with E-state index < -0.39 is 16.2 Å². The fourth-order valence-electron chi connectivity index (χ4n) is 2.68. The topological polar surface area (TPSA) is 114 Å². The largest absolute Gasteiger partial charge is 0.480 e. The molecule has 132 valence electrons. The second kappa shape index (κ2) is 8.59. The molecule has 1 atom stereocenters. The molecule has 2 N–H and O–H groups in total. The summed E-state index contributed by atoms with van der Waals surface area (Å²) in [5, 5.41) is 17.7. The normalized spacial score (nSPS) is 22.6. The minimum absolute atomic E-state index is 0.0264. The molecule has 1 unspecified atom stereocenters. The van der Waals surface area contributed by atoms with Crippen LogP contribution < -0.4 is 4.72 Å². The average Bonchev–Trinajstić information content (AvgIpc) is 2.45. The van der Waals surface area contributed by atoms with Gasteiger partial charge in [0.25, 0.3) is 10.2 Å². The van der Waals surface area contributed by atoms with Crippen molar-refractivity contribution < 1.29 is 18.3 Å². The van der Waals surface area contributed by atoms with Gasteiger partial charge in [0.05, 0.1) is 18.5 Å². The number of rotatable bonds is 10. The summed E-state index contributed by atoms with van der Waals surface area (Å²) in [5.41, 5.74) is 0. The molecule has 1 aliphatic rings. The quantitative estimate of drug-likeness (QED) is 0.586. The van der Waals surface area contributed by atoms with E-state index in [9.17, 15) is 13.2 Å². The SMILES string of the molecule is CCN(CC(=O)O)C1CC(NS(=O)(=O)N(CC)CC(C)C#N)C1. The number of likely N-dealkylation sites (N-methyl/N-ethyl adjacent to an activating group) is 1. The molecule has 1 fully saturated rings. The molecule has 0 amide bonds. The van der Waals surface area contributed by atoms with Crippen LogP contribution >= 0.6 is 0 Å². The Morgan fingerprint density at radius 3 is 2.43 bits per heavy atom. The molecule has 0 bridgehead atoms. The molecule has 23 heavy (non-hydrogen) atoms. The second-order valence-corrected chi connectivity index (χ2v) is 7.58. The standard InChI is InChI=1S/C14H26N4O4S/c1-4-17(10-14(19)20)13-6-12(7-13)16-23(21,22)18(5-2)9-11(3)8-15/h11-13,16H,4-7,9-10H2,1-3H3,(H,19,20). The van der Waals surface area contributed by atoms with E-state index in [4.69, 9.17) is 10.4 Å². The molecule has 0 radical (unpaired) electrons. The van der Waals surface area contributed by atoms with E-state index in [1.807, 2.05) is 17.9 Å². The summed E-state index contributed by atoms with van der Waals surface area (Å²) in [4.78, 5) is 12.6. The number of aliphatic carboxylic acids is 1. The number of carboxylic acids is 1. The molecule has 0 aliphatic heterocycles. The maximum atomic E-state index is 12.3. The summed E-state index contributed by atoms with van der Waals surface area (Å²) in [6.07, 6.45) is 1.21. The molecule has 0 aromatic rings. The van der Waals surface area contributed by atoms with E-state index >= 15 is 0 Å². The van der Waals surface area contributed by atoms with Gasteiger partial charge >= 0.3 is 5.97 Å². The van der Waals surface area contributed by atoms with Crippen molar-refractivity contribution in [3.05, 3.63) is 0 Å². The van der Waals surface area contributed by atoms with Gasteiger partial charge in [-0.15, -0.1) is 0 Å². The van der Waals surface area contributed by atoms with Crippen LogP contribution in [-0.2, 0) is 15.0 Å². The Hall–Kier alpha value is -1.21. The number of nitrogens with zero attached hydrogens (tertiary/aromatic N) is 3. The molecule has 0 aromatic carbocycles. The van der Waals surface area contributed by atoms with Gasteiger partial charge in [0.1, 0.15) is 0 Å². The van der Waals surface area contributed by atoms with Crippen LogP contribution in [0.15, 0.2) is 0 Å². The molecular weight excluding hydrogens is 320 g/mol. The van der Waals surface area contributed by atoms with Crippen molar-refractivity contribution in [2.45, 2.75) is 45.7 Å². The number of carboxylic acid groups (broad SMARTS) is 1. The third-order valence-corrected chi connectivity index (χ3v) is 5.80. The van der Waals surface area contributed by atoms with Gasteiger partial charge in [-0.2, -0.15) is 22.7 Å². The van der Waals surface area contributed by atoms with Gasteiger partial charge in [-0.1, -0.05) is 13.8 Å². The van der Waals surface area contributed by atoms with Crippen LogP contribution in [0, 0.1) is 17.2 Å². The molecule has 1 rings (SSSR count). The molecule has 0 heterocycles. The van der Waals surface area contributed by atoms with Crippen LogP contribution in [0.25, 0.3) is 0 Å². The molecule has 1 saturated carbocycles. The zero-order chi connectivity index (χ0) is 17.6. The van der Waals surface area contributed by atoms with Crippen LogP contribution in [-0.4, -0.2) is 67.0 Å². The van der Waals surface area contributed by atoms with Crippen molar-refractivity contribution >= 4 is 16.2 Å². The van der Waals surface area contributed by atoms with Gasteiger partial charge < -0.3 is 5.11 Å². The Kier molecular flexibility index (Phi) is 7.41. The van der Waals surface area contributed by atoms with Crippen molar-refractivity contribution in [2.75, 3.05) is 26.2 Å². The van der Waals surface area contributed by atoms with Crippen LogP contribution in [0.3, 0.4) is 0 Å². The molecule has 9 heteroatoms. The number of nitriles is 1. The van der Waals surface area contributed by atoms with Gasteiger partial charge in [-0.3, -0.25) is 9.69 Å². The van der Waals surface area contributed by atoms with Crippen molar-refractivity contribution in [3.63, 3.8) is 0 Å². The van der Waals surface area contributed by atoms with E-state index in [1.54, 1.807) is 13.8 Å². The molecule has 0 aromatic heterocycles. The summed E-state index contributed by atoms with van der Waals surface area (Å²) in [7, 11) is -3.62. The lowest BCUT2D eigenvalue weighted by Gasteiger charge is -2.42. The van der Waals surface area contributed by atoms with Crippen LogP contribution in [0.5, 0.6) is 0 Å². The number of hydrogen-bond donors (Lipinski definition) is 2. The summed E-state index contributed by atoms with van der Waals surface area (Å²) < 4.78 is 28.6. The fourth-order valence-corrected chi connectivity index (χ4v) is 4.21. The molecule has 0 spiro atoms. The van der Waals surface area contributed by atoms with Gasteiger partial charge in [0.15, 0.2) is 0 Å². The Balaban J connectivity index is 2.54. The fraction of sp³-hybridized carbons (Fsp3) is 0.857. The van der Waals surface area contributed by atoms with Gasteiger partial charge in [0.2, 0.25) is 0 Å². The van der Waals surface area contributed by atoms with Gasteiger partial charge in [-0.05, 0) is 26.3 Å². The molecule has 1 aliphatic carbocycles. The highest BCUT2D eigenvalue weighted by atomic mass is 32.2. The smallest absolute Gasteiger partial charge is 0.317 e. The third-order valence-electron chi connectivity index (χ3n) is 4.08. The van der Waals surface area contributed by atoms with Crippen molar-refractivity contribution in [1.82, 2.24) is 13.9 Å². The average molecular weight is 346 g/mol. The monoisotopic (exact) mass is 346 g/mol. The Morgan fingerprint density at radius 1 is 1.39 bits per heavy atom. The van der Waals surface area contributed by atoms with Crippen molar-refractivity contribution in [3.8, 4) is 6.07 Å². The lowest BCUT2D eigenvalue weighted by molar-refractivity contribution is -0.139. The van der Waals surface area contributed by atoms with Crippen LogP contribution in [0.2, 0.25) is 0 Å². The lowest BCUT2D eigenvalue weighted by atomic mass is 9.86. The molecule has 8 nitrogen and oxygen atoms in total. The highest BCUT2D eigenvalue weighted by Crippen LogP contribution is 2.26. The maximum Gasteiger partial charge on any atom is 0.317 e. The zero-order valence-corrected chi connectivity index (χ0v) is 14.7. The predicted octanol–water partition coefficient (Wildman–Crippen LogP) is 0.240. The number of hydrogen-bond acceptors (Lipinski definition) is 5. The predicted molar refractivity (Wildman–Crippen MR) is 85.8 cm³/mol. The molecular formula is C14H26N4O4S. The third kappa shape index (κ3) is 5.73. The van der Waals surface area contributed by atoms with Crippen molar-refractivity contribution in [1.29, 1.82) is 5.26 Å². The van der Waals surface area contributed by atoms with Crippen LogP contribution in [0.4, 0.5) is 0 Å². The van der Waals surface area contributed by atoms with E-state index in [1.165, 1.54) is 4.31 Å². The first-order chi connectivity index (χ1) is 10.7. The van der Waals surface area contributed by atoms with Gasteiger partial charge in [0, 0.05) is 25.2 Å². The Morgan fingerprint density at radius 2 is 2.00 bits per heavy atom. The van der Waals surface area contributed by atoms with E-state index in [0.29, 0.717) is 25.9 Å². The summed E-state index contributed by atoms with van der Waals surface area (Å²) >= 11 is 0. The minimum Gasteiger partial charge on any atom is -0.480 e. The first-order valence-corrected chi connectivity index (χ1v) is 9.30. The summed E-state index contributed by atoms with van der Waals surface area (Å²) in [6, 6.07) is 1.95. The highest BCUT2D eigenvalue weighted by Gasteiger charge is 2.37. The van der Waals surface area contributed by atoms with E-state index in [0.717, 1.165) is 0 Å². The number of nitrogens with one attached hydrogen (secondary N) is 1. The zero-order valence-electron chi connectivity index (χ0n) is 13.9. The summed E-state index contributed by atoms with van der Waals surface area (Å²) in [5.74, 6) is -1.25. The van der Waals surface area contributed by atoms with Crippen molar-refractivity contribution in [2.24, 2.45) is 5.92 Å². The van der Waals surface area contributed by atoms with E-state index in [2.05, 4.69) is 4.72 Å². The van der Waals surface area contributed by atoms with E-state index in [-0.39, 0.29) is 31.1 Å². The first kappa shape index (κ1) is 19.8. The van der Waals surface area contributed by atoms with Gasteiger partial charge in [-0.25, -0.2) is 0 Å². The minimum atomic E-state index is -3.62. The number of carbonyl (C=O) groups is 1.